The molecule has 0 saturated heterocycles. The van der Waals surface area contributed by atoms with Gasteiger partial charge in [-0.25, -0.2) is 4.57 Å². The Morgan fingerprint density at radius 2 is 0.467 bits per heavy atom. The monoisotopic (exact) mass is 1320 g/mol. The molecule has 0 bridgehead atoms. The number of rotatable bonds is 82. The van der Waals surface area contributed by atoms with Crippen molar-refractivity contribution in [2.45, 2.75) is 489 Å². The zero-order chi connectivity index (χ0) is 66.5. The maximum absolute atomic E-state index is 12.8. The molecule has 0 aliphatic heterocycles. The fraction of sp³-hybridized carbons (Fsp3) is 0.976. The lowest BCUT2D eigenvalue weighted by molar-refractivity contribution is -0.161. The normalized spacial score (nSPS) is 12.7. The van der Waals surface area contributed by atoms with Crippen molar-refractivity contribution in [1.29, 1.82) is 0 Å². The molecule has 9 nitrogen and oxygen atoms in total. The molecule has 0 aliphatic rings. The Balaban J connectivity index is 3.69. The van der Waals surface area contributed by atoms with Crippen molar-refractivity contribution in [2.24, 2.45) is 5.73 Å². The molecule has 92 heavy (non-hydrogen) atoms. The molecule has 3 N–H and O–H groups in total. The Morgan fingerprint density at radius 3 is 0.663 bits per heavy atom. The van der Waals surface area contributed by atoms with Gasteiger partial charge in [0.05, 0.1) is 13.2 Å². The van der Waals surface area contributed by atoms with Gasteiger partial charge in [-0.1, -0.05) is 457 Å². The third-order valence-electron chi connectivity index (χ3n) is 19.7. The molecule has 0 spiro atoms. The van der Waals surface area contributed by atoms with Crippen LogP contribution >= 0.6 is 7.82 Å². The van der Waals surface area contributed by atoms with Crippen LogP contribution in [0.1, 0.15) is 483 Å². The number of phosphoric acid groups is 1. The number of carbonyl (C=O) groups is 2. The van der Waals surface area contributed by atoms with E-state index in [4.69, 9.17) is 24.3 Å². The Hall–Kier alpha value is -0.990. The van der Waals surface area contributed by atoms with Gasteiger partial charge in [0.25, 0.3) is 0 Å². The van der Waals surface area contributed by atoms with E-state index in [-0.39, 0.29) is 32.1 Å². The number of unbranched alkanes of at least 4 members (excludes halogenated alkanes) is 69. The van der Waals surface area contributed by atoms with Gasteiger partial charge in [0, 0.05) is 19.4 Å². The van der Waals surface area contributed by atoms with Crippen LogP contribution in [0.3, 0.4) is 0 Å². The summed E-state index contributed by atoms with van der Waals surface area (Å²) in [5, 5.41) is 0. The van der Waals surface area contributed by atoms with Gasteiger partial charge in [-0.05, 0) is 12.8 Å². The van der Waals surface area contributed by atoms with Crippen LogP contribution in [0.5, 0.6) is 0 Å². The highest BCUT2D eigenvalue weighted by Gasteiger charge is 2.26. The highest BCUT2D eigenvalue weighted by Crippen LogP contribution is 2.43. The van der Waals surface area contributed by atoms with E-state index in [0.717, 1.165) is 32.1 Å². The fourth-order valence-corrected chi connectivity index (χ4v) is 14.3. The fourth-order valence-electron chi connectivity index (χ4n) is 13.5. The average molecular weight is 1320 g/mol. The maximum Gasteiger partial charge on any atom is 0.472 e. The summed E-state index contributed by atoms with van der Waals surface area (Å²) in [5.74, 6) is -0.793. The summed E-state index contributed by atoms with van der Waals surface area (Å²) in [7, 11) is -4.39. The predicted molar refractivity (Wildman–Crippen MR) is 400 cm³/mol. The first-order valence-corrected chi connectivity index (χ1v) is 43.5. The highest BCUT2D eigenvalue weighted by atomic mass is 31.2. The minimum Gasteiger partial charge on any atom is -0.462 e. The first kappa shape index (κ1) is 91.0. The number of phosphoric ester groups is 1. The molecule has 0 radical (unpaired) electrons. The second-order valence-electron chi connectivity index (χ2n) is 29.1. The van der Waals surface area contributed by atoms with Crippen LogP contribution in [-0.2, 0) is 32.7 Å². The van der Waals surface area contributed by atoms with E-state index in [2.05, 4.69) is 13.8 Å². The van der Waals surface area contributed by atoms with E-state index in [0.29, 0.717) is 12.8 Å². The highest BCUT2D eigenvalue weighted by molar-refractivity contribution is 7.47. The summed E-state index contributed by atoms with van der Waals surface area (Å²) in [6.45, 7) is 3.86. The Labute approximate surface area is 575 Å². The van der Waals surface area contributed by atoms with Gasteiger partial charge in [-0.2, -0.15) is 0 Å². The van der Waals surface area contributed by atoms with Crippen LogP contribution < -0.4 is 5.73 Å². The zero-order valence-corrected chi connectivity index (χ0v) is 63.2. The molecule has 0 aromatic carbocycles. The molecule has 0 fully saturated rings. The second-order valence-corrected chi connectivity index (χ2v) is 30.5. The average Bonchev–Trinajstić information content (AvgIpc) is 3.07. The van der Waals surface area contributed by atoms with Crippen molar-refractivity contribution in [1.82, 2.24) is 0 Å². The minimum atomic E-state index is -4.39. The zero-order valence-electron chi connectivity index (χ0n) is 62.4. The summed E-state index contributed by atoms with van der Waals surface area (Å²) >= 11 is 0. The largest absolute Gasteiger partial charge is 0.472 e. The third-order valence-corrected chi connectivity index (χ3v) is 20.7. The van der Waals surface area contributed by atoms with Crippen molar-refractivity contribution in [3.05, 3.63) is 0 Å². The lowest BCUT2D eigenvalue weighted by Gasteiger charge is -2.19. The standard InChI is InChI=1S/C82H164NO8P/c1-3-5-7-9-11-13-15-17-19-21-23-25-27-29-31-33-35-36-37-38-39-40-41-42-43-45-47-49-51-53-55-57-59-61-63-65-67-69-71-73-75-82(85)91-80(79-90-92(86,87)89-77-76-83)78-88-81(84)74-72-70-68-66-64-62-60-58-56-54-52-50-48-46-44-34-32-30-28-26-24-22-20-18-16-14-12-10-8-6-4-2/h80H,3-79,83H2,1-2H3,(H,86,87). The molecule has 0 heterocycles. The summed E-state index contributed by atoms with van der Waals surface area (Å²) in [6.07, 6.45) is 97.1. The van der Waals surface area contributed by atoms with Crippen LogP contribution in [0.2, 0.25) is 0 Å². The molecule has 0 rings (SSSR count). The molecule has 0 aromatic rings. The smallest absolute Gasteiger partial charge is 0.462 e. The van der Waals surface area contributed by atoms with Gasteiger partial charge in [0.2, 0.25) is 0 Å². The van der Waals surface area contributed by atoms with Gasteiger partial charge in [-0.3, -0.25) is 18.6 Å². The van der Waals surface area contributed by atoms with E-state index in [9.17, 15) is 19.0 Å². The van der Waals surface area contributed by atoms with Crippen molar-refractivity contribution in [2.75, 3.05) is 26.4 Å². The summed E-state index contributed by atoms with van der Waals surface area (Å²) in [4.78, 5) is 35.5. The topological polar surface area (TPSA) is 134 Å². The molecular weight excluding hydrogens is 1160 g/mol. The van der Waals surface area contributed by atoms with Gasteiger partial charge < -0.3 is 20.1 Å². The van der Waals surface area contributed by atoms with Crippen molar-refractivity contribution in [3.63, 3.8) is 0 Å². The molecular formula is C82H164NO8P. The van der Waals surface area contributed by atoms with E-state index in [1.54, 1.807) is 0 Å². The number of ether oxygens (including phenoxy) is 2. The second kappa shape index (κ2) is 79.0. The van der Waals surface area contributed by atoms with E-state index < -0.39 is 26.5 Å². The molecule has 10 heteroatoms. The first-order chi connectivity index (χ1) is 45.3. The summed E-state index contributed by atoms with van der Waals surface area (Å²) in [6, 6.07) is 0. The maximum atomic E-state index is 12.8. The van der Waals surface area contributed by atoms with Crippen molar-refractivity contribution >= 4 is 19.8 Å². The van der Waals surface area contributed by atoms with Crippen molar-refractivity contribution < 1.29 is 37.6 Å². The lowest BCUT2D eigenvalue weighted by atomic mass is 10.0. The quantitative estimate of drug-likeness (QED) is 0.0347. The summed E-state index contributed by atoms with van der Waals surface area (Å²) < 4.78 is 33.3. The molecule has 2 unspecified atom stereocenters. The number of hydrogen-bond acceptors (Lipinski definition) is 8. The summed E-state index contributed by atoms with van der Waals surface area (Å²) in [5.41, 5.74) is 5.42. The molecule has 0 aromatic heterocycles. The van der Waals surface area contributed by atoms with Crippen LogP contribution in [0, 0.1) is 0 Å². The number of nitrogens with two attached hydrogens (primary N) is 1. The van der Waals surface area contributed by atoms with Crippen LogP contribution in [0.25, 0.3) is 0 Å². The van der Waals surface area contributed by atoms with E-state index >= 15 is 0 Å². The molecule has 2 atom stereocenters. The first-order valence-electron chi connectivity index (χ1n) is 42.0. The molecule has 0 amide bonds. The third kappa shape index (κ3) is 78.0. The molecule has 0 saturated carbocycles. The Bertz CT molecular complexity index is 1470. The number of carbonyl (C=O) groups excluding carboxylic acids is 2. The van der Waals surface area contributed by atoms with E-state index in [1.165, 1.54) is 417 Å². The van der Waals surface area contributed by atoms with Crippen LogP contribution in [-0.4, -0.2) is 49.3 Å². The Morgan fingerprint density at radius 1 is 0.283 bits per heavy atom. The van der Waals surface area contributed by atoms with Gasteiger partial charge >= 0.3 is 19.8 Å². The van der Waals surface area contributed by atoms with Gasteiger partial charge in [0.15, 0.2) is 6.10 Å². The van der Waals surface area contributed by atoms with Gasteiger partial charge in [0.1, 0.15) is 6.61 Å². The van der Waals surface area contributed by atoms with Crippen LogP contribution in [0.4, 0.5) is 0 Å². The van der Waals surface area contributed by atoms with Crippen molar-refractivity contribution in [3.8, 4) is 0 Å². The molecule has 550 valence electrons. The minimum absolute atomic E-state index is 0.0590. The van der Waals surface area contributed by atoms with E-state index in [1.807, 2.05) is 0 Å². The number of hydrogen-bond donors (Lipinski definition) is 2. The lowest BCUT2D eigenvalue weighted by Crippen LogP contribution is -2.29. The van der Waals surface area contributed by atoms with Gasteiger partial charge in [-0.15, -0.1) is 0 Å². The number of esters is 2. The molecule has 0 aliphatic carbocycles. The SMILES string of the molecule is CCCCCCCCCCCCCCCCCCCCCCCCCCCCCCCCCCCCCCCCCCC(=O)OC(COC(=O)CCCCCCCCCCCCCCCCCCCCCCCCCCCCCCCCC)COP(=O)(O)OCCN. The Kier molecular flexibility index (Phi) is 78.2. The predicted octanol–water partition coefficient (Wildman–Crippen LogP) is 28.1. The van der Waals surface area contributed by atoms with Crippen LogP contribution in [0.15, 0.2) is 0 Å².